The van der Waals surface area contributed by atoms with Crippen LogP contribution in [-0.4, -0.2) is 55.6 Å². The number of nitrogens with one attached hydrogen (secondary N) is 1. The summed E-state index contributed by atoms with van der Waals surface area (Å²) >= 11 is 0. The SMILES string of the molecule is COCCNC(=O)C1CCC(C)N(C(=O)C[C@@H]2CCC[C@H]2N)C1. The topological polar surface area (TPSA) is 84.7 Å². The fourth-order valence-electron chi connectivity index (χ4n) is 3.75. The highest BCUT2D eigenvalue weighted by atomic mass is 16.5. The molecule has 1 saturated heterocycles. The summed E-state index contributed by atoms with van der Waals surface area (Å²) < 4.78 is 4.95. The molecule has 2 aliphatic rings. The fraction of sp³-hybridized carbons (Fsp3) is 0.882. The van der Waals surface area contributed by atoms with Crippen LogP contribution in [0.2, 0.25) is 0 Å². The van der Waals surface area contributed by atoms with E-state index in [-0.39, 0.29) is 29.8 Å². The van der Waals surface area contributed by atoms with Crippen molar-refractivity contribution in [1.29, 1.82) is 0 Å². The van der Waals surface area contributed by atoms with Gasteiger partial charge in [0.2, 0.25) is 11.8 Å². The largest absolute Gasteiger partial charge is 0.383 e. The molecule has 23 heavy (non-hydrogen) atoms. The molecule has 0 aromatic carbocycles. The second-order valence-corrected chi connectivity index (χ2v) is 7.01. The van der Waals surface area contributed by atoms with Gasteiger partial charge in [0.1, 0.15) is 0 Å². The average Bonchev–Trinajstić information content (AvgIpc) is 2.93. The highest BCUT2D eigenvalue weighted by Crippen LogP contribution is 2.29. The van der Waals surface area contributed by atoms with Crippen molar-refractivity contribution in [1.82, 2.24) is 10.2 Å². The zero-order chi connectivity index (χ0) is 16.8. The normalized spacial score (nSPS) is 31.2. The lowest BCUT2D eigenvalue weighted by Crippen LogP contribution is -2.50. The van der Waals surface area contributed by atoms with E-state index in [2.05, 4.69) is 12.2 Å². The second kappa shape index (κ2) is 8.64. The third-order valence-corrected chi connectivity index (χ3v) is 5.33. The van der Waals surface area contributed by atoms with E-state index in [1.165, 1.54) is 0 Å². The zero-order valence-corrected chi connectivity index (χ0v) is 14.4. The monoisotopic (exact) mass is 325 g/mol. The molecule has 6 heteroatoms. The molecule has 3 N–H and O–H groups in total. The van der Waals surface area contributed by atoms with Gasteiger partial charge in [-0.25, -0.2) is 0 Å². The Hall–Kier alpha value is -1.14. The smallest absolute Gasteiger partial charge is 0.224 e. The van der Waals surface area contributed by atoms with E-state index in [0.29, 0.717) is 32.0 Å². The lowest BCUT2D eigenvalue weighted by molar-refractivity contribution is -0.139. The van der Waals surface area contributed by atoms with Gasteiger partial charge in [0.15, 0.2) is 0 Å². The first-order valence-electron chi connectivity index (χ1n) is 8.84. The molecule has 2 unspecified atom stereocenters. The fourth-order valence-corrected chi connectivity index (χ4v) is 3.75. The molecule has 2 fully saturated rings. The third-order valence-electron chi connectivity index (χ3n) is 5.33. The first kappa shape index (κ1) is 18.2. The molecule has 0 spiro atoms. The Bertz CT molecular complexity index is 416. The average molecular weight is 325 g/mol. The molecule has 0 radical (unpaired) electrons. The van der Waals surface area contributed by atoms with Gasteiger partial charge in [0.25, 0.3) is 0 Å². The van der Waals surface area contributed by atoms with Crippen molar-refractivity contribution in [2.24, 2.45) is 17.6 Å². The number of amides is 2. The molecule has 2 amide bonds. The molecule has 0 bridgehead atoms. The van der Waals surface area contributed by atoms with Crippen molar-refractivity contribution in [2.75, 3.05) is 26.8 Å². The quantitative estimate of drug-likeness (QED) is 0.711. The molecule has 2 rings (SSSR count). The van der Waals surface area contributed by atoms with Crippen molar-refractivity contribution < 1.29 is 14.3 Å². The van der Waals surface area contributed by atoms with Crippen LogP contribution in [0.5, 0.6) is 0 Å². The number of methoxy groups -OCH3 is 1. The number of carbonyl (C=O) groups is 2. The van der Waals surface area contributed by atoms with Crippen molar-refractivity contribution in [3.8, 4) is 0 Å². The lowest BCUT2D eigenvalue weighted by Gasteiger charge is -2.38. The van der Waals surface area contributed by atoms with E-state index in [0.717, 1.165) is 32.1 Å². The van der Waals surface area contributed by atoms with E-state index < -0.39 is 0 Å². The highest BCUT2D eigenvalue weighted by Gasteiger charge is 2.34. The maximum absolute atomic E-state index is 12.7. The molecule has 1 aliphatic carbocycles. The first-order valence-corrected chi connectivity index (χ1v) is 8.84. The van der Waals surface area contributed by atoms with Crippen molar-refractivity contribution in [2.45, 2.75) is 57.5 Å². The standard InChI is InChI=1S/C17H31N3O3/c1-12-6-7-14(17(22)19-8-9-23-2)11-20(12)16(21)10-13-4-3-5-15(13)18/h12-15H,3-11,18H2,1-2H3,(H,19,22)/t12?,13-,14?,15+/m0/s1. The number of nitrogens with two attached hydrogens (primary N) is 1. The Morgan fingerprint density at radius 2 is 2.04 bits per heavy atom. The Kier molecular flexibility index (Phi) is 6.84. The van der Waals surface area contributed by atoms with Gasteiger partial charge in [0, 0.05) is 38.7 Å². The van der Waals surface area contributed by atoms with Crippen LogP contribution in [0.1, 0.15) is 45.4 Å². The Morgan fingerprint density at radius 3 is 2.70 bits per heavy atom. The number of nitrogens with zero attached hydrogens (tertiary/aromatic N) is 1. The Morgan fingerprint density at radius 1 is 1.26 bits per heavy atom. The van der Waals surface area contributed by atoms with Gasteiger partial charge < -0.3 is 20.7 Å². The minimum atomic E-state index is -0.107. The molecule has 1 aliphatic heterocycles. The molecule has 1 heterocycles. The van der Waals surface area contributed by atoms with Gasteiger partial charge in [-0.15, -0.1) is 0 Å². The summed E-state index contributed by atoms with van der Waals surface area (Å²) in [6.45, 7) is 3.63. The minimum absolute atomic E-state index is 0.0318. The number of hydrogen-bond acceptors (Lipinski definition) is 4. The highest BCUT2D eigenvalue weighted by molar-refractivity contribution is 5.81. The predicted octanol–water partition coefficient (Wildman–Crippen LogP) is 0.894. The summed E-state index contributed by atoms with van der Waals surface area (Å²) in [5.74, 6) is 0.397. The number of carbonyl (C=O) groups excluding carboxylic acids is 2. The van der Waals surface area contributed by atoms with Crippen molar-refractivity contribution in [3.63, 3.8) is 0 Å². The van der Waals surface area contributed by atoms with Gasteiger partial charge in [-0.1, -0.05) is 6.42 Å². The Labute approximate surface area is 139 Å². The molecule has 6 nitrogen and oxygen atoms in total. The minimum Gasteiger partial charge on any atom is -0.383 e. The summed E-state index contributed by atoms with van der Waals surface area (Å²) in [5.41, 5.74) is 6.09. The summed E-state index contributed by atoms with van der Waals surface area (Å²) in [4.78, 5) is 26.8. The first-order chi connectivity index (χ1) is 11.0. The second-order valence-electron chi connectivity index (χ2n) is 7.01. The zero-order valence-electron chi connectivity index (χ0n) is 14.4. The molecule has 132 valence electrons. The predicted molar refractivity (Wildman–Crippen MR) is 88.7 cm³/mol. The van der Waals surface area contributed by atoms with Crippen molar-refractivity contribution >= 4 is 11.8 Å². The summed E-state index contributed by atoms with van der Waals surface area (Å²) in [7, 11) is 1.61. The van der Waals surface area contributed by atoms with E-state index in [9.17, 15) is 9.59 Å². The van der Waals surface area contributed by atoms with Crippen LogP contribution in [0, 0.1) is 11.8 Å². The van der Waals surface area contributed by atoms with Crippen LogP contribution in [-0.2, 0) is 14.3 Å². The van der Waals surface area contributed by atoms with E-state index >= 15 is 0 Å². The van der Waals surface area contributed by atoms with Crippen molar-refractivity contribution in [3.05, 3.63) is 0 Å². The van der Waals surface area contributed by atoms with Gasteiger partial charge in [-0.3, -0.25) is 9.59 Å². The molecule has 1 saturated carbocycles. The number of piperidine rings is 1. The van der Waals surface area contributed by atoms with Gasteiger partial charge in [-0.2, -0.15) is 0 Å². The molecule has 0 aromatic rings. The van der Waals surface area contributed by atoms with Crippen LogP contribution in [0.4, 0.5) is 0 Å². The van der Waals surface area contributed by atoms with Gasteiger partial charge in [0.05, 0.1) is 12.5 Å². The van der Waals surface area contributed by atoms with E-state index in [1.807, 2.05) is 4.90 Å². The molecular weight excluding hydrogens is 294 g/mol. The number of hydrogen-bond donors (Lipinski definition) is 2. The van der Waals surface area contributed by atoms with Gasteiger partial charge in [-0.05, 0) is 38.5 Å². The molecule has 4 atom stereocenters. The van der Waals surface area contributed by atoms with Gasteiger partial charge >= 0.3 is 0 Å². The summed E-state index contributed by atoms with van der Waals surface area (Å²) in [5, 5.41) is 2.89. The van der Waals surface area contributed by atoms with E-state index in [4.69, 9.17) is 10.5 Å². The van der Waals surface area contributed by atoms with Crippen LogP contribution < -0.4 is 11.1 Å². The maximum Gasteiger partial charge on any atom is 0.224 e. The molecular formula is C17H31N3O3. The van der Waals surface area contributed by atoms with Crippen LogP contribution in [0.15, 0.2) is 0 Å². The third kappa shape index (κ3) is 4.91. The van der Waals surface area contributed by atoms with Crippen LogP contribution in [0.25, 0.3) is 0 Å². The Balaban J connectivity index is 1.86. The number of rotatable bonds is 6. The number of ether oxygens (including phenoxy) is 1. The summed E-state index contributed by atoms with van der Waals surface area (Å²) in [6, 6.07) is 0.371. The van der Waals surface area contributed by atoms with Crippen LogP contribution in [0.3, 0.4) is 0 Å². The summed E-state index contributed by atoms with van der Waals surface area (Å²) in [6.07, 6.45) is 5.45. The maximum atomic E-state index is 12.7. The lowest BCUT2D eigenvalue weighted by atomic mass is 9.91. The van der Waals surface area contributed by atoms with E-state index in [1.54, 1.807) is 7.11 Å². The number of likely N-dealkylation sites (tertiary alicyclic amines) is 1. The van der Waals surface area contributed by atoms with Crippen LogP contribution >= 0.6 is 0 Å². The molecule has 0 aromatic heterocycles.